The van der Waals surface area contributed by atoms with Gasteiger partial charge in [-0.3, -0.25) is 4.79 Å². The number of rotatable bonds is 8. The van der Waals surface area contributed by atoms with Crippen LogP contribution in [-0.4, -0.2) is 35.3 Å². The summed E-state index contributed by atoms with van der Waals surface area (Å²) in [5.74, 6) is -0.474. The summed E-state index contributed by atoms with van der Waals surface area (Å²) >= 11 is 0. The number of aliphatic hydroxyl groups excluding tert-OH is 1. The van der Waals surface area contributed by atoms with Crippen molar-refractivity contribution >= 4 is 5.97 Å². The Morgan fingerprint density at radius 2 is 2.22 bits per heavy atom. The molecule has 0 aliphatic heterocycles. The average molecular weight is 258 g/mol. The molecular weight excluding hydrogens is 239 g/mol. The van der Waals surface area contributed by atoms with Crippen LogP contribution < -0.4 is 0 Å². The summed E-state index contributed by atoms with van der Waals surface area (Å²) in [5, 5.41) is 18.0. The van der Waals surface area contributed by atoms with Crippen LogP contribution in [0.15, 0.2) is 30.0 Å². The molecule has 0 rings (SSSR count). The van der Waals surface area contributed by atoms with Gasteiger partial charge in [-0.2, -0.15) is 0 Å². The molecule has 0 amide bonds. The van der Waals surface area contributed by atoms with Crippen LogP contribution in [0, 0.1) is 0 Å². The number of hydrogen-bond acceptors (Lipinski definition) is 4. The van der Waals surface area contributed by atoms with Gasteiger partial charge in [-0.25, -0.2) is 4.39 Å². The molecule has 5 heteroatoms. The Hall–Kier alpha value is -1.42. The highest BCUT2D eigenvalue weighted by Gasteiger charge is 2.19. The standard InChI is InChI=1S/C13H19FO4/c1-2-12(15)18-11(13(16)17)9-7-5-3-4-6-8-10-14/h4-6,8,11,13,16-17H,2,7,9-10H2,1H3/b8-6+. The lowest BCUT2D eigenvalue weighted by Crippen LogP contribution is -2.30. The Morgan fingerprint density at radius 1 is 1.50 bits per heavy atom. The van der Waals surface area contributed by atoms with Crippen LogP contribution in [0.3, 0.4) is 0 Å². The summed E-state index contributed by atoms with van der Waals surface area (Å²) < 4.78 is 16.5. The summed E-state index contributed by atoms with van der Waals surface area (Å²) in [5.41, 5.74) is 2.77. The van der Waals surface area contributed by atoms with E-state index in [0.29, 0.717) is 6.42 Å². The summed E-state index contributed by atoms with van der Waals surface area (Å²) in [6.07, 6.45) is 4.38. The van der Waals surface area contributed by atoms with Gasteiger partial charge in [0.05, 0.1) is 0 Å². The minimum absolute atomic E-state index is 0.187. The quantitative estimate of drug-likeness (QED) is 0.300. The largest absolute Gasteiger partial charge is 0.457 e. The van der Waals surface area contributed by atoms with Crippen molar-refractivity contribution in [3.63, 3.8) is 0 Å². The lowest BCUT2D eigenvalue weighted by Gasteiger charge is -2.18. The maximum absolute atomic E-state index is 11.7. The van der Waals surface area contributed by atoms with Crippen molar-refractivity contribution < 1.29 is 24.1 Å². The second-order valence-corrected chi connectivity index (χ2v) is 3.49. The molecule has 18 heavy (non-hydrogen) atoms. The van der Waals surface area contributed by atoms with Crippen LogP contribution in [0.5, 0.6) is 0 Å². The van der Waals surface area contributed by atoms with Gasteiger partial charge in [-0.15, -0.1) is 5.73 Å². The van der Waals surface area contributed by atoms with Crippen molar-refractivity contribution in [1.29, 1.82) is 0 Å². The van der Waals surface area contributed by atoms with E-state index in [1.807, 2.05) is 0 Å². The molecule has 0 spiro atoms. The van der Waals surface area contributed by atoms with Gasteiger partial charge >= 0.3 is 5.97 Å². The van der Waals surface area contributed by atoms with Crippen molar-refractivity contribution in [2.75, 3.05) is 6.67 Å². The second kappa shape index (κ2) is 10.7. The topological polar surface area (TPSA) is 66.8 Å². The molecule has 0 radical (unpaired) electrons. The molecule has 0 bridgehead atoms. The smallest absolute Gasteiger partial charge is 0.305 e. The fourth-order valence-electron chi connectivity index (χ4n) is 1.10. The molecule has 0 saturated heterocycles. The van der Waals surface area contributed by atoms with Gasteiger partial charge in [-0.1, -0.05) is 19.1 Å². The maximum Gasteiger partial charge on any atom is 0.305 e. The molecular formula is C13H19FO4. The van der Waals surface area contributed by atoms with Gasteiger partial charge in [0, 0.05) is 6.42 Å². The van der Waals surface area contributed by atoms with E-state index >= 15 is 0 Å². The third-order valence-electron chi connectivity index (χ3n) is 2.04. The summed E-state index contributed by atoms with van der Waals surface area (Å²) in [6.45, 7) is 1.10. The van der Waals surface area contributed by atoms with Crippen molar-refractivity contribution in [3.05, 3.63) is 30.0 Å². The van der Waals surface area contributed by atoms with E-state index in [-0.39, 0.29) is 12.8 Å². The number of esters is 1. The van der Waals surface area contributed by atoms with Crippen molar-refractivity contribution in [1.82, 2.24) is 0 Å². The zero-order valence-corrected chi connectivity index (χ0v) is 10.4. The number of carbonyl (C=O) groups excluding carboxylic acids is 1. The van der Waals surface area contributed by atoms with Crippen molar-refractivity contribution in [2.24, 2.45) is 0 Å². The Morgan fingerprint density at radius 3 is 2.78 bits per heavy atom. The Labute approximate surface area is 106 Å². The number of aliphatic hydroxyl groups is 2. The fraction of sp³-hybridized carbons (Fsp3) is 0.538. The number of hydrogen-bond donors (Lipinski definition) is 2. The highest BCUT2D eigenvalue weighted by Crippen LogP contribution is 2.08. The zero-order chi connectivity index (χ0) is 13.8. The third-order valence-corrected chi connectivity index (χ3v) is 2.04. The molecule has 0 heterocycles. The molecule has 2 N–H and O–H groups in total. The molecule has 0 aliphatic carbocycles. The van der Waals surface area contributed by atoms with Gasteiger partial charge in [0.2, 0.25) is 0 Å². The van der Waals surface area contributed by atoms with Gasteiger partial charge in [0.25, 0.3) is 0 Å². The first-order chi connectivity index (χ1) is 8.61. The van der Waals surface area contributed by atoms with E-state index in [9.17, 15) is 9.18 Å². The summed E-state index contributed by atoms with van der Waals surface area (Å²) in [7, 11) is 0. The number of allylic oxidation sites excluding steroid dienone is 3. The lowest BCUT2D eigenvalue weighted by atomic mass is 10.2. The van der Waals surface area contributed by atoms with Gasteiger partial charge in [0.1, 0.15) is 6.67 Å². The molecule has 0 aliphatic rings. The van der Waals surface area contributed by atoms with E-state index in [1.165, 1.54) is 12.2 Å². The number of ether oxygens (including phenoxy) is 1. The second-order valence-electron chi connectivity index (χ2n) is 3.49. The van der Waals surface area contributed by atoms with Crippen molar-refractivity contribution in [3.8, 4) is 0 Å². The molecule has 102 valence electrons. The van der Waals surface area contributed by atoms with Gasteiger partial charge < -0.3 is 14.9 Å². The first-order valence-electron chi connectivity index (χ1n) is 5.79. The maximum atomic E-state index is 11.7. The molecule has 0 saturated carbocycles. The van der Waals surface area contributed by atoms with Gasteiger partial charge in [-0.05, 0) is 25.0 Å². The fourth-order valence-corrected chi connectivity index (χ4v) is 1.10. The highest BCUT2D eigenvalue weighted by atomic mass is 19.1. The van der Waals surface area contributed by atoms with Crippen LogP contribution in [-0.2, 0) is 9.53 Å². The van der Waals surface area contributed by atoms with Crippen LogP contribution in [0.4, 0.5) is 4.39 Å². The van der Waals surface area contributed by atoms with E-state index < -0.39 is 25.0 Å². The van der Waals surface area contributed by atoms with E-state index in [2.05, 4.69) is 5.73 Å². The van der Waals surface area contributed by atoms with Gasteiger partial charge in [0.15, 0.2) is 12.4 Å². The molecule has 1 unspecified atom stereocenters. The Kier molecular flexibility index (Phi) is 9.87. The minimum atomic E-state index is -1.69. The number of carbonyl (C=O) groups is 1. The Bertz CT molecular complexity index is 317. The monoisotopic (exact) mass is 258 g/mol. The summed E-state index contributed by atoms with van der Waals surface area (Å²) in [4.78, 5) is 11.0. The van der Waals surface area contributed by atoms with Crippen LogP contribution in [0.2, 0.25) is 0 Å². The summed E-state index contributed by atoms with van der Waals surface area (Å²) in [6, 6.07) is 0. The predicted molar refractivity (Wildman–Crippen MR) is 65.4 cm³/mol. The third kappa shape index (κ3) is 8.70. The van der Waals surface area contributed by atoms with Crippen molar-refractivity contribution in [2.45, 2.75) is 38.6 Å². The molecule has 0 aromatic rings. The average Bonchev–Trinajstić information content (AvgIpc) is 2.35. The first kappa shape index (κ1) is 16.6. The predicted octanol–water partition coefficient (Wildman–Crippen LogP) is 1.64. The van der Waals surface area contributed by atoms with Crippen LogP contribution >= 0.6 is 0 Å². The Balaban J connectivity index is 4.08. The zero-order valence-electron chi connectivity index (χ0n) is 10.4. The van der Waals surface area contributed by atoms with E-state index in [1.54, 1.807) is 19.1 Å². The van der Waals surface area contributed by atoms with E-state index in [4.69, 9.17) is 14.9 Å². The molecule has 4 nitrogen and oxygen atoms in total. The van der Waals surface area contributed by atoms with Crippen LogP contribution in [0.25, 0.3) is 0 Å². The molecule has 0 fully saturated rings. The molecule has 1 atom stereocenters. The molecule has 0 aromatic carbocycles. The molecule has 0 aromatic heterocycles. The minimum Gasteiger partial charge on any atom is -0.457 e. The first-order valence-corrected chi connectivity index (χ1v) is 5.79. The number of halogens is 1. The van der Waals surface area contributed by atoms with E-state index in [0.717, 1.165) is 0 Å². The number of alkyl halides is 1. The van der Waals surface area contributed by atoms with Crippen LogP contribution in [0.1, 0.15) is 26.2 Å². The highest BCUT2D eigenvalue weighted by molar-refractivity contribution is 5.69. The lowest BCUT2D eigenvalue weighted by molar-refractivity contribution is -0.175. The SMILES string of the molecule is CCC(=O)OC(CCC=C=C/C=C/CF)C(O)O. The normalized spacial score (nSPS) is 12.3.